The molecule has 0 fully saturated rings. The van der Waals surface area contributed by atoms with Crippen LogP contribution < -0.4 is 12.3 Å². The third kappa shape index (κ3) is 14.1. The van der Waals surface area contributed by atoms with Crippen LogP contribution in [0.1, 0.15) is 20.8 Å². The molecule has 0 saturated heterocycles. The van der Waals surface area contributed by atoms with Gasteiger partial charge in [0.05, 0.1) is 0 Å². The van der Waals surface area contributed by atoms with E-state index in [1.54, 1.807) is 20.8 Å². The van der Waals surface area contributed by atoms with Gasteiger partial charge in [0, 0.05) is 0 Å². The highest BCUT2D eigenvalue weighted by Gasteiger charge is 2.24. The SMILES string of the molecule is CC(C)(C)OC(=O)CP(=O)(O)O.N.N. The lowest BCUT2D eigenvalue weighted by Crippen LogP contribution is -2.25. The van der Waals surface area contributed by atoms with Crippen molar-refractivity contribution in [3.8, 4) is 0 Å². The van der Waals surface area contributed by atoms with Gasteiger partial charge in [-0.3, -0.25) is 9.36 Å². The van der Waals surface area contributed by atoms with E-state index in [-0.39, 0.29) is 12.3 Å². The Morgan fingerprint density at radius 2 is 1.64 bits per heavy atom. The molecule has 0 aliphatic carbocycles. The predicted octanol–water partition coefficient (Wildman–Crippen LogP) is 0.830. The average molecular weight is 230 g/mol. The monoisotopic (exact) mass is 230 g/mol. The maximum absolute atomic E-state index is 10.8. The first-order valence-electron chi connectivity index (χ1n) is 3.36. The van der Waals surface area contributed by atoms with E-state index < -0.39 is 25.3 Å². The summed E-state index contributed by atoms with van der Waals surface area (Å²) in [6, 6.07) is 0. The van der Waals surface area contributed by atoms with Crippen LogP contribution in [-0.4, -0.2) is 27.5 Å². The smallest absolute Gasteiger partial charge is 0.336 e. The largest absolute Gasteiger partial charge is 0.459 e. The topological polar surface area (TPSA) is 154 Å². The van der Waals surface area contributed by atoms with Crippen molar-refractivity contribution in [2.45, 2.75) is 26.4 Å². The van der Waals surface area contributed by atoms with E-state index in [1.165, 1.54) is 0 Å². The fourth-order valence-electron chi connectivity index (χ4n) is 0.542. The maximum Gasteiger partial charge on any atom is 0.336 e. The molecule has 0 aromatic carbocycles. The summed E-state index contributed by atoms with van der Waals surface area (Å²) in [5, 5.41) is 0. The van der Waals surface area contributed by atoms with Crippen molar-refractivity contribution in [1.82, 2.24) is 12.3 Å². The Labute approximate surface area is 83.2 Å². The lowest BCUT2D eigenvalue weighted by Gasteiger charge is -2.19. The highest BCUT2D eigenvalue weighted by Crippen LogP contribution is 2.34. The van der Waals surface area contributed by atoms with Crippen molar-refractivity contribution < 1.29 is 23.9 Å². The molecule has 0 aliphatic rings. The Kier molecular flexibility index (Phi) is 8.36. The Hall–Kier alpha value is -0.460. The number of hydrogen-bond acceptors (Lipinski definition) is 5. The molecule has 0 unspecified atom stereocenters. The van der Waals surface area contributed by atoms with Gasteiger partial charge in [-0.1, -0.05) is 0 Å². The van der Waals surface area contributed by atoms with Crippen molar-refractivity contribution in [2.24, 2.45) is 0 Å². The Morgan fingerprint density at radius 3 is 1.86 bits per heavy atom. The molecule has 0 aromatic heterocycles. The minimum absolute atomic E-state index is 0. The van der Waals surface area contributed by atoms with Crippen LogP contribution in [-0.2, 0) is 14.1 Å². The number of hydrogen-bond donors (Lipinski definition) is 4. The van der Waals surface area contributed by atoms with E-state index in [1.807, 2.05) is 0 Å². The summed E-state index contributed by atoms with van der Waals surface area (Å²) in [5.41, 5.74) is -0.702. The second-order valence-electron chi connectivity index (χ2n) is 3.41. The van der Waals surface area contributed by atoms with E-state index in [9.17, 15) is 9.36 Å². The van der Waals surface area contributed by atoms with Gasteiger partial charge >= 0.3 is 13.6 Å². The summed E-state index contributed by atoms with van der Waals surface area (Å²) >= 11 is 0. The molecule has 0 bridgehead atoms. The van der Waals surface area contributed by atoms with Crippen molar-refractivity contribution in [3.05, 3.63) is 0 Å². The summed E-state index contributed by atoms with van der Waals surface area (Å²) in [7, 11) is -4.28. The molecular weight excluding hydrogens is 211 g/mol. The van der Waals surface area contributed by atoms with Crippen LogP contribution in [0.2, 0.25) is 0 Å². The molecule has 8 N–H and O–H groups in total. The van der Waals surface area contributed by atoms with E-state index in [0.717, 1.165) is 0 Å². The standard InChI is InChI=1S/C6H13O5P.2H3N/c1-6(2,3)11-5(7)4-12(8,9)10;;/h4H2,1-3H3,(H2,8,9,10);2*1H3. The number of carbonyl (C=O) groups is 1. The Bertz CT molecular complexity index is 219. The number of ether oxygens (including phenoxy) is 1. The molecule has 0 radical (unpaired) electrons. The predicted molar refractivity (Wildman–Crippen MR) is 52.8 cm³/mol. The van der Waals surface area contributed by atoms with Gasteiger partial charge in [-0.25, -0.2) is 0 Å². The van der Waals surface area contributed by atoms with Gasteiger partial charge in [0.1, 0.15) is 11.8 Å². The fourth-order valence-corrected chi connectivity index (χ4v) is 0.943. The lowest BCUT2D eigenvalue weighted by atomic mass is 10.2. The highest BCUT2D eigenvalue weighted by molar-refractivity contribution is 7.52. The molecule has 0 heterocycles. The molecule has 0 spiro atoms. The Balaban J connectivity index is -0.000000605. The quantitative estimate of drug-likeness (QED) is 0.404. The molecule has 8 heteroatoms. The average Bonchev–Trinajstić information content (AvgIpc) is 1.49. The van der Waals surface area contributed by atoms with Gasteiger partial charge in [0.2, 0.25) is 0 Å². The van der Waals surface area contributed by atoms with Gasteiger partial charge in [-0.2, -0.15) is 0 Å². The third-order valence-corrected chi connectivity index (χ3v) is 1.43. The van der Waals surface area contributed by atoms with E-state index in [0.29, 0.717) is 0 Å². The molecule has 0 rings (SSSR count). The molecule has 7 nitrogen and oxygen atoms in total. The van der Waals surface area contributed by atoms with Crippen molar-refractivity contribution in [3.63, 3.8) is 0 Å². The van der Waals surface area contributed by atoms with Gasteiger partial charge in [-0.15, -0.1) is 0 Å². The molecule has 0 amide bonds. The summed E-state index contributed by atoms with van der Waals surface area (Å²) in [4.78, 5) is 27.6. The maximum atomic E-state index is 10.8. The van der Waals surface area contributed by atoms with Crippen LogP contribution >= 0.6 is 7.60 Å². The van der Waals surface area contributed by atoms with Crippen LogP contribution in [0, 0.1) is 0 Å². The van der Waals surface area contributed by atoms with Gasteiger partial charge < -0.3 is 26.8 Å². The van der Waals surface area contributed by atoms with Crippen LogP contribution in [0.3, 0.4) is 0 Å². The van der Waals surface area contributed by atoms with Gasteiger partial charge in [-0.05, 0) is 20.8 Å². The van der Waals surface area contributed by atoms with Crippen LogP contribution in [0.5, 0.6) is 0 Å². The highest BCUT2D eigenvalue weighted by atomic mass is 31.2. The molecule has 14 heavy (non-hydrogen) atoms. The summed E-state index contributed by atoms with van der Waals surface area (Å²) in [6.07, 6.45) is -0.857. The van der Waals surface area contributed by atoms with Crippen LogP contribution in [0.25, 0.3) is 0 Å². The van der Waals surface area contributed by atoms with Crippen molar-refractivity contribution in [1.29, 1.82) is 0 Å². The van der Waals surface area contributed by atoms with Crippen molar-refractivity contribution in [2.75, 3.05) is 6.16 Å². The summed E-state index contributed by atoms with van der Waals surface area (Å²) in [5.74, 6) is -0.879. The zero-order chi connectivity index (χ0) is 9.99. The molecule has 0 aromatic rings. The van der Waals surface area contributed by atoms with Crippen LogP contribution in [0.15, 0.2) is 0 Å². The third-order valence-electron chi connectivity index (χ3n) is 0.755. The fraction of sp³-hybridized carbons (Fsp3) is 0.833. The summed E-state index contributed by atoms with van der Waals surface area (Å²) < 4.78 is 15.0. The zero-order valence-electron chi connectivity index (χ0n) is 8.69. The number of carbonyl (C=O) groups excluding carboxylic acids is 1. The number of esters is 1. The molecule has 0 saturated carbocycles. The molecule has 0 aliphatic heterocycles. The van der Waals surface area contributed by atoms with E-state index >= 15 is 0 Å². The first-order chi connectivity index (χ1) is 5.10. The molecular formula is C6H19N2O5P. The zero-order valence-corrected chi connectivity index (χ0v) is 9.58. The second kappa shape index (κ2) is 6.10. The summed E-state index contributed by atoms with van der Waals surface area (Å²) in [6.45, 7) is 4.89. The van der Waals surface area contributed by atoms with E-state index in [4.69, 9.17) is 9.79 Å². The minimum atomic E-state index is -4.28. The molecule has 0 atom stereocenters. The molecule has 88 valence electrons. The van der Waals surface area contributed by atoms with E-state index in [2.05, 4.69) is 4.74 Å². The van der Waals surface area contributed by atoms with Crippen LogP contribution in [0.4, 0.5) is 0 Å². The van der Waals surface area contributed by atoms with Gasteiger partial charge in [0.25, 0.3) is 0 Å². The lowest BCUT2D eigenvalue weighted by molar-refractivity contribution is -0.151. The van der Waals surface area contributed by atoms with Gasteiger partial charge in [0.15, 0.2) is 0 Å². The Morgan fingerprint density at radius 1 is 1.29 bits per heavy atom. The normalized spacial score (nSPS) is 10.9. The second-order valence-corrected chi connectivity index (χ2v) is 5.05. The number of rotatable bonds is 2. The van der Waals surface area contributed by atoms with Crippen molar-refractivity contribution >= 4 is 13.6 Å². The first-order valence-corrected chi connectivity index (χ1v) is 5.16. The minimum Gasteiger partial charge on any atom is -0.459 e. The first kappa shape index (κ1) is 19.2.